The van der Waals surface area contributed by atoms with Crippen LogP contribution in [-0.4, -0.2) is 38.4 Å². The summed E-state index contributed by atoms with van der Waals surface area (Å²) in [5.41, 5.74) is -0.315. The van der Waals surface area contributed by atoms with Crippen LogP contribution in [0, 0.1) is 12.8 Å². The third-order valence-corrected chi connectivity index (χ3v) is 5.72. The van der Waals surface area contributed by atoms with Crippen LogP contribution >= 0.6 is 0 Å². The van der Waals surface area contributed by atoms with Gasteiger partial charge in [0.2, 0.25) is 0 Å². The topological polar surface area (TPSA) is 128 Å². The molecule has 0 saturated carbocycles. The molecule has 3 rings (SSSR count). The first-order chi connectivity index (χ1) is 16.0. The molecule has 0 amide bonds. The summed E-state index contributed by atoms with van der Waals surface area (Å²) in [6.07, 6.45) is -0.384. The molecule has 1 unspecified atom stereocenters. The summed E-state index contributed by atoms with van der Waals surface area (Å²) in [5.74, 6) is -3.35. The van der Waals surface area contributed by atoms with Crippen molar-refractivity contribution in [1.82, 2.24) is 9.13 Å². The molecule has 2 N–H and O–H groups in total. The Hall–Kier alpha value is -3.88. The number of aromatic hydroxyl groups is 1. The maximum absolute atomic E-state index is 13.7. The zero-order valence-corrected chi connectivity index (χ0v) is 19.6. The highest BCUT2D eigenvalue weighted by molar-refractivity contribution is 5.80. The van der Waals surface area contributed by atoms with Gasteiger partial charge in [-0.15, -0.1) is 0 Å². The predicted octanol–water partition coefficient (Wildman–Crippen LogP) is 2.61. The number of pyridine rings is 2. The number of benzene rings is 1. The Labute approximate surface area is 195 Å². The highest BCUT2D eigenvalue weighted by atomic mass is 16.5. The minimum atomic E-state index is -1.24. The summed E-state index contributed by atoms with van der Waals surface area (Å²) in [4.78, 5) is 50.7. The summed E-state index contributed by atoms with van der Waals surface area (Å²) < 4.78 is 7.40. The van der Waals surface area contributed by atoms with Gasteiger partial charge in [0, 0.05) is 23.7 Å². The molecule has 9 heteroatoms. The van der Waals surface area contributed by atoms with Crippen molar-refractivity contribution in [2.45, 2.75) is 46.2 Å². The van der Waals surface area contributed by atoms with Crippen LogP contribution in [0.4, 0.5) is 0 Å². The predicted molar refractivity (Wildman–Crippen MR) is 126 cm³/mol. The lowest BCUT2D eigenvalue weighted by Gasteiger charge is -2.22. The molecule has 2 aromatic heterocycles. The number of methoxy groups -OCH3 is 1. The standard InChI is InChI=1S/C25H28N2O7/c1-14(2)12-27-19-8-6-5-7-16(19)10-18(24(27)32)17(11-22(31)34-4)23-20(28)9-15(3)26(25(23)33)13-21(29)30/h5-10,14,17,28H,11-13H2,1-4H3,(H,29,30). The molecule has 0 aliphatic carbocycles. The van der Waals surface area contributed by atoms with Crippen molar-refractivity contribution in [1.29, 1.82) is 0 Å². The maximum atomic E-state index is 13.7. The molecule has 1 atom stereocenters. The van der Waals surface area contributed by atoms with Crippen molar-refractivity contribution in [3.63, 3.8) is 0 Å². The SMILES string of the molecule is COC(=O)CC(c1c(O)cc(C)n(CC(=O)O)c1=O)c1cc2ccccc2n(CC(C)C)c1=O. The van der Waals surface area contributed by atoms with E-state index in [2.05, 4.69) is 0 Å². The number of nitrogens with zero attached hydrogens (tertiary/aromatic N) is 2. The average molecular weight is 469 g/mol. The summed E-state index contributed by atoms with van der Waals surface area (Å²) in [5, 5.41) is 20.7. The molecule has 0 saturated heterocycles. The van der Waals surface area contributed by atoms with Gasteiger partial charge in [0.1, 0.15) is 12.3 Å². The Morgan fingerprint density at radius 2 is 1.74 bits per heavy atom. The molecule has 0 spiro atoms. The molecule has 34 heavy (non-hydrogen) atoms. The first-order valence-electron chi connectivity index (χ1n) is 10.9. The van der Waals surface area contributed by atoms with Gasteiger partial charge in [-0.05, 0) is 36.4 Å². The largest absolute Gasteiger partial charge is 0.507 e. The lowest BCUT2D eigenvalue weighted by Crippen LogP contribution is -2.34. The van der Waals surface area contributed by atoms with Gasteiger partial charge in [-0.3, -0.25) is 19.2 Å². The smallest absolute Gasteiger partial charge is 0.323 e. The van der Waals surface area contributed by atoms with E-state index in [1.165, 1.54) is 20.1 Å². The molecule has 0 radical (unpaired) electrons. The number of esters is 1. The number of para-hydroxylation sites is 1. The van der Waals surface area contributed by atoms with Crippen molar-refractivity contribution in [2.75, 3.05) is 7.11 Å². The molecule has 0 aliphatic heterocycles. The first kappa shape index (κ1) is 24.8. The normalized spacial score (nSPS) is 12.1. The number of carbonyl (C=O) groups excluding carboxylic acids is 1. The van der Waals surface area contributed by atoms with E-state index in [1.54, 1.807) is 10.6 Å². The Morgan fingerprint density at radius 1 is 1.06 bits per heavy atom. The summed E-state index contributed by atoms with van der Waals surface area (Å²) in [6.45, 7) is 5.21. The number of hydrogen-bond donors (Lipinski definition) is 2. The Balaban J connectivity index is 2.38. The van der Waals surface area contributed by atoms with E-state index < -0.39 is 41.3 Å². The number of fused-ring (bicyclic) bond motifs is 1. The van der Waals surface area contributed by atoms with E-state index in [4.69, 9.17) is 4.74 Å². The van der Waals surface area contributed by atoms with Crippen LogP contribution in [-0.2, 0) is 27.4 Å². The van der Waals surface area contributed by atoms with E-state index in [1.807, 2.05) is 38.1 Å². The van der Waals surface area contributed by atoms with Crippen LogP contribution in [0.2, 0.25) is 0 Å². The van der Waals surface area contributed by atoms with E-state index in [9.17, 15) is 29.4 Å². The molecule has 3 aromatic rings. The highest BCUT2D eigenvalue weighted by Gasteiger charge is 2.30. The second kappa shape index (κ2) is 9.94. The highest BCUT2D eigenvalue weighted by Crippen LogP contribution is 2.32. The van der Waals surface area contributed by atoms with Gasteiger partial charge in [-0.2, -0.15) is 0 Å². The molecule has 0 fully saturated rings. The van der Waals surface area contributed by atoms with Crippen molar-refractivity contribution in [3.8, 4) is 5.75 Å². The number of carboxylic acid groups (broad SMARTS) is 1. The fourth-order valence-corrected chi connectivity index (χ4v) is 4.19. The second-order valence-electron chi connectivity index (χ2n) is 8.67. The summed E-state index contributed by atoms with van der Waals surface area (Å²) in [7, 11) is 1.19. The minimum Gasteiger partial charge on any atom is -0.507 e. The zero-order chi connectivity index (χ0) is 25.2. The van der Waals surface area contributed by atoms with Gasteiger partial charge in [0.05, 0.1) is 24.6 Å². The monoisotopic (exact) mass is 468 g/mol. The van der Waals surface area contributed by atoms with Crippen LogP contribution in [0.5, 0.6) is 5.75 Å². The Kier molecular flexibility index (Phi) is 7.24. The number of aliphatic carboxylic acids is 1. The van der Waals surface area contributed by atoms with Crippen molar-refractivity contribution in [3.05, 3.63) is 73.9 Å². The van der Waals surface area contributed by atoms with Crippen molar-refractivity contribution < 1.29 is 24.5 Å². The van der Waals surface area contributed by atoms with Gasteiger partial charge >= 0.3 is 11.9 Å². The summed E-state index contributed by atoms with van der Waals surface area (Å²) >= 11 is 0. The molecule has 1 aromatic carbocycles. The lowest BCUT2D eigenvalue weighted by atomic mass is 9.88. The van der Waals surface area contributed by atoms with Crippen molar-refractivity contribution >= 4 is 22.8 Å². The number of aryl methyl sites for hydroxylation is 1. The Bertz CT molecular complexity index is 1370. The minimum absolute atomic E-state index is 0.135. The maximum Gasteiger partial charge on any atom is 0.323 e. The van der Waals surface area contributed by atoms with E-state index in [-0.39, 0.29) is 29.2 Å². The number of ether oxygens (including phenoxy) is 1. The molecule has 2 heterocycles. The lowest BCUT2D eigenvalue weighted by molar-refractivity contribution is -0.141. The molecular formula is C25H28N2O7. The first-order valence-corrected chi connectivity index (χ1v) is 10.9. The summed E-state index contributed by atoms with van der Waals surface area (Å²) in [6, 6.07) is 10.2. The van der Waals surface area contributed by atoms with Gasteiger partial charge < -0.3 is 24.1 Å². The van der Waals surface area contributed by atoms with Gasteiger partial charge in [-0.25, -0.2) is 0 Å². The van der Waals surface area contributed by atoms with E-state index in [0.29, 0.717) is 12.1 Å². The number of carboxylic acids is 1. The Morgan fingerprint density at radius 3 is 2.35 bits per heavy atom. The number of rotatable bonds is 8. The van der Waals surface area contributed by atoms with Crippen LogP contribution in [0.1, 0.15) is 43.0 Å². The van der Waals surface area contributed by atoms with Crippen LogP contribution < -0.4 is 11.1 Å². The quantitative estimate of drug-likeness (QED) is 0.486. The zero-order valence-electron chi connectivity index (χ0n) is 19.6. The van der Waals surface area contributed by atoms with Crippen LogP contribution in [0.25, 0.3) is 10.9 Å². The number of aromatic nitrogens is 2. The van der Waals surface area contributed by atoms with Crippen LogP contribution in [0.15, 0.2) is 46.0 Å². The van der Waals surface area contributed by atoms with E-state index >= 15 is 0 Å². The van der Waals surface area contributed by atoms with Gasteiger partial charge in [-0.1, -0.05) is 32.0 Å². The molecular weight excluding hydrogens is 440 g/mol. The number of hydrogen-bond acceptors (Lipinski definition) is 6. The molecule has 180 valence electrons. The van der Waals surface area contributed by atoms with Gasteiger partial charge in [0.25, 0.3) is 11.1 Å². The van der Waals surface area contributed by atoms with Crippen LogP contribution in [0.3, 0.4) is 0 Å². The van der Waals surface area contributed by atoms with E-state index in [0.717, 1.165) is 9.95 Å². The average Bonchev–Trinajstić information content (AvgIpc) is 2.77. The third kappa shape index (κ3) is 4.88. The molecule has 0 bridgehead atoms. The number of carbonyl (C=O) groups is 2. The second-order valence-corrected chi connectivity index (χ2v) is 8.67. The van der Waals surface area contributed by atoms with Gasteiger partial charge in [0.15, 0.2) is 0 Å². The molecule has 0 aliphatic rings. The molecule has 9 nitrogen and oxygen atoms in total. The van der Waals surface area contributed by atoms with Crippen molar-refractivity contribution in [2.24, 2.45) is 5.92 Å². The fourth-order valence-electron chi connectivity index (χ4n) is 4.19. The fraction of sp³-hybridized carbons (Fsp3) is 0.360. The third-order valence-electron chi connectivity index (χ3n) is 5.72.